The topological polar surface area (TPSA) is 35.5 Å². The number of halogens is 2. The summed E-state index contributed by atoms with van der Waals surface area (Å²) >= 11 is 0. The van der Waals surface area contributed by atoms with Crippen LogP contribution in [0.1, 0.15) is 15.9 Å². The number of rotatable bonds is 6. The van der Waals surface area contributed by atoms with Gasteiger partial charge in [-0.1, -0.05) is 36.4 Å². The molecule has 0 unspecified atom stereocenters. The van der Waals surface area contributed by atoms with Gasteiger partial charge >= 0.3 is 0 Å². The largest absolute Gasteiger partial charge is 0.497 e. The molecule has 0 spiro atoms. The van der Waals surface area contributed by atoms with Gasteiger partial charge < -0.3 is 9.47 Å². The first-order valence-corrected chi connectivity index (χ1v) is 9.94. The predicted molar refractivity (Wildman–Crippen MR) is 120 cm³/mol. The van der Waals surface area contributed by atoms with Crippen molar-refractivity contribution in [2.75, 3.05) is 14.2 Å². The summed E-state index contributed by atoms with van der Waals surface area (Å²) in [6.45, 7) is 0. The van der Waals surface area contributed by atoms with Crippen LogP contribution in [0.3, 0.4) is 0 Å². The van der Waals surface area contributed by atoms with E-state index in [1.165, 1.54) is 26.4 Å². The van der Waals surface area contributed by atoms with Crippen molar-refractivity contribution in [2.24, 2.45) is 0 Å². The number of ether oxygens (including phenoxy) is 2. The highest BCUT2D eigenvalue weighted by Crippen LogP contribution is 2.35. The molecule has 0 aliphatic carbocycles. The van der Waals surface area contributed by atoms with Crippen LogP contribution in [-0.4, -0.2) is 20.0 Å². The van der Waals surface area contributed by atoms with Crippen LogP contribution in [0.25, 0.3) is 22.3 Å². The second-order valence-corrected chi connectivity index (χ2v) is 7.11. The molecule has 5 heteroatoms. The number of ketones is 1. The Morgan fingerprint density at radius 3 is 1.38 bits per heavy atom. The number of methoxy groups -OCH3 is 2. The third kappa shape index (κ3) is 3.97. The van der Waals surface area contributed by atoms with Gasteiger partial charge in [0.1, 0.15) is 23.1 Å². The molecular formula is C27H20F2O3. The molecule has 4 rings (SSSR count). The molecule has 0 heterocycles. The van der Waals surface area contributed by atoms with Crippen LogP contribution in [0.5, 0.6) is 11.5 Å². The minimum Gasteiger partial charge on any atom is -0.497 e. The maximum atomic E-state index is 14.6. The molecule has 32 heavy (non-hydrogen) atoms. The van der Waals surface area contributed by atoms with Crippen molar-refractivity contribution < 1.29 is 23.0 Å². The summed E-state index contributed by atoms with van der Waals surface area (Å²) in [7, 11) is 3.00. The first-order chi connectivity index (χ1) is 15.5. The lowest BCUT2D eigenvalue weighted by molar-refractivity contribution is 0.104. The normalized spacial score (nSPS) is 10.6. The van der Waals surface area contributed by atoms with Crippen LogP contribution in [0, 0.1) is 11.6 Å². The zero-order valence-electron chi connectivity index (χ0n) is 17.6. The van der Waals surface area contributed by atoms with Crippen molar-refractivity contribution in [3.05, 3.63) is 108 Å². The lowest BCUT2D eigenvalue weighted by atomic mass is 9.89. The van der Waals surface area contributed by atoms with Crippen LogP contribution >= 0.6 is 0 Å². The van der Waals surface area contributed by atoms with Gasteiger partial charge in [0, 0.05) is 22.3 Å². The highest BCUT2D eigenvalue weighted by molar-refractivity contribution is 6.16. The average molecular weight is 430 g/mol. The highest BCUT2D eigenvalue weighted by Gasteiger charge is 2.22. The molecule has 0 saturated carbocycles. The van der Waals surface area contributed by atoms with E-state index in [4.69, 9.17) is 9.47 Å². The van der Waals surface area contributed by atoms with Gasteiger partial charge in [0.05, 0.1) is 14.2 Å². The molecule has 0 fully saturated rings. The summed E-state index contributed by atoms with van der Waals surface area (Å²) in [6.07, 6.45) is 0. The van der Waals surface area contributed by atoms with Crippen LogP contribution in [0.2, 0.25) is 0 Å². The van der Waals surface area contributed by atoms with Gasteiger partial charge in [-0.25, -0.2) is 8.78 Å². The monoisotopic (exact) mass is 430 g/mol. The molecule has 4 aromatic rings. The molecule has 0 aromatic heterocycles. The maximum Gasteiger partial charge on any atom is 0.194 e. The number of benzene rings is 4. The SMILES string of the molecule is COc1ccc(C(=O)c2ccc(OC)cc2-c2ccccc2F)c(-c2ccccc2F)c1. The highest BCUT2D eigenvalue weighted by atomic mass is 19.1. The van der Waals surface area contributed by atoms with Gasteiger partial charge in [0.15, 0.2) is 5.78 Å². The third-order valence-corrected chi connectivity index (χ3v) is 5.27. The van der Waals surface area contributed by atoms with Gasteiger partial charge in [0.25, 0.3) is 0 Å². The van der Waals surface area contributed by atoms with E-state index in [9.17, 15) is 13.6 Å². The van der Waals surface area contributed by atoms with Gasteiger partial charge in [0.2, 0.25) is 0 Å². The zero-order chi connectivity index (χ0) is 22.7. The second-order valence-electron chi connectivity index (χ2n) is 7.11. The smallest absolute Gasteiger partial charge is 0.194 e. The molecule has 160 valence electrons. The molecule has 4 aromatic carbocycles. The molecule has 0 aliphatic rings. The Bertz CT molecular complexity index is 1200. The van der Waals surface area contributed by atoms with Gasteiger partial charge in [-0.3, -0.25) is 4.79 Å². The minimum atomic E-state index is -0.459. The summed E-state index contributed by atoms with van der Waals surface area (Å²) in [4.78, 5) is 13.7. The molecule has 3 nitrogen and oxygen atoms in total. The fraction of sp³-hybridized carbons (Fsp3) is 0.0741. The van der Waals surface area contributed by atoms with Crippen molar-refractivity contribution in [3.8, 4) is 33.8 Å². The lowest BCUT2D eigenvalue weighted by Crippen LogP contribution is -2.07. The average Bonchev–Trinajstić information content (AvgIpc) is 2.83. The summed E-state index contributed by atoms with van der Waals surface area (Å²) < 4.78 is 39.9. The Morgan fingerprint density at radius 1 is 0.594 bits per heavy atom. The van der Waals surface area contributed by atoms with Crippen molar-refractivity contribution in [2.45, 2.75) is 0 Å². The van der Waals surface area contributed by atoms with Gasteiger partial charge in [-0.15, -0.1) is 0 Å². The van der Waals surface area contributed by atoms with Crippen LogP contribution in [0.4, 0.5) is 8.78 Å². The standard InChI is InChI=1S/C27H20F2O3/c1-31-17-11-13-21(23(15-17)19-7-3-5-9-25(19)28)27(30)22-14-12-18(32-2)16-24(22)20-8-4-6-10-26(20)29/h3-16H,1-2H3. The second kappa shape index (κ2) is 9.02. The summed E-state index contributed by atoms with van der Waals surface area (Å²) in [5, 5.41) is 0. The Labute approximate surface area is 184 Å². The predicted octanol–water partition coefficient (Wildman–Crippen LogP) is 6.55. The molecule has 0 radical (unpaired) electrons. The zero-order valence-corrected chi connectivity index (χ0v) is 17.6. The Kier molecular flexibility index (Phi) is 5.99. The molecular weight excluding hydrogens is 410 g/mol. The molecule has 0 N–H and O–H groups in total. The fourth-order valence-corrected chi connectivity index (χ4v) is 3.65. The van der Waals surface area contributed by atoms with E-state index in [1.807, 2.05) is 0 Å². The van der Waals surface area contributed by atoms with E-state index in [2.05, 4.69) is 0 Å². The van der Waals surface area contributed by atoms with Crippen molar-refractivity contribution >= 4 is 5.78 Å². The molecule has 0 aliphatic heterocycles. The van der Waals surface area contributed by atoms with Crippen LogP contribution < -0.4 is 9.47 Å². The van der Waals surface area contributed by atoms with E-state index in [0.29, 0.717) is 22.6 Å². The fourth-order valence-electron chi connectivity index (χ4n) is 3.65. The molecule has 0 amide bonds. The third-order valence-electron chi connectivity index (χ3n) is 5.27. The first-order valence-electron chi connectivity index (χ1n) is 9.94. The quantitative estimate of drug-likeness (QED) is 0.326. The van der Waals surface area contributed by atoms with Gasteiger partial charge in [-0.2, -0.15) is 0 Å². The lowest BCUT2D eigenvalue weighted by Gasteiger charge is -2.15. The van der Waals surface area contributed by atoms with Crippen molar-refractivity contribution in [1.29, 1.82) is 0 Å². The number of carbonyl (C=O) groups excluding carboxylic acids is 1. The van der Waals surface area contributed by atoms with E-state index in [-0.39, 0.29) is 28.0 Å². The number of carbonyl (C=O) groups is 1. The number of hydrogen-bond donors (Lipinski definition) is 0. The summed E-state index contributed by atoms with van der Waals surface area (Å²) in [5.41, 5.74) is 1.88. The molecule has 0 bridgehead atoms. The van der Waals surface area contributed by atoms with Crippen LogP contribution in [-0.2, 0) is 0 Å². The van der Waals surface area contributed by atoms with E-state index < -0.39 is 11.6 Å². The Hall–Kier alpha value is -3.99. The van der Waals surface area contributed by atoms with Crippen molar-refractivity contribution in [3.63, 3.8) is 0 Å². The summed E-state index contributed by atoms with van der Waals surface area (Å²) in [5.74, 6) is -0.308. The van der Waals surface area contributed by atoms with E-state index >= 15 is 0 Å². The maximum absolute atomic E-state index is 14.6. The minimum absolute atomic E-state index is 0.274. The van der Waals surface area contributed by atoms with Crippen LogP contribution in [0.15, 0.2) is 84.9 Å². The van der Waals surface area contributed by atoms with Gasteiger partial charge in [-0.05, 0) is 59.7 Å². The van der Waals surface area contributed by atoms with E-state index in [1.54, 1.807) is 72.8 Å². The summed E-state index contributed by atoms with van der Waals surface area (Å²) in [6, 6.07) is 22.2. The molecule has 0 atom stereocenters. The van der Waals surface area contributed by atoms with Crippen molar-refractivity contribution in [1.82, 2.24) is 0 Å². The number of hydrogen-bond acceptors (Lipinski definition) is 3. The Morgan fingerprint density at radius 2 is 1.00 bits per heavy atom. The Balaban J connectivity index is 1.93. The molecule has 0 saturated heterocycles. The first kappa shape index (κ1) is 21.2. The van der Waals surface area contributed by atoms with E-state index in [0.717, 1.165) is 0 Å².